The number of morpholine rings is 1. The minimum atomic E-state index is -3.66. The minimum absolute atomic E-state index is 0.0905. The topological polar surface area (TPSA) is 88.6 Å². The molecule has 0 radical (unpaired) electrons. The van der Waals surface area contributed by atoms with Crippen molar-refractivity contribution in [2.75, 3.05) is 71.1 Å². The zero-order chi connectivity index (χ0) is 24.1. The molecule has 2 aliphatic rings. The van der Waals surface area contributed by atoms with Crippen molar-refractivity contribution in [2.24, 2.45) is 0 Å². The summed E-state index contributed by atoms with van der Waals surface area (Å²) in [4.78, 5) is 16.7. The summed E-state index contributed by atoms with van der Waals surface area (Å²) in [6.07, 6.45) is 0. The summed E-state index contributed by atoms with van der Waals surface area (Å²) < 4.78 is 43.0. The SMILES string of the molecule is COc1ccc(N2CCN(C(=O)COc3ccc(S(=O)(=O)N4CCOCC4)cc3Cl)CC2)cc1. The Kier molecular flexibility index (Phi) is 7.82. The van der Waals surface area contributed by atoms with Gasteiger partial charge in [-0.25, -0.2) is 8.42 Å². The number of anilines is 1. The molecule has 11 heteroatoms. The Bertz CT molecular complexity index is 1100. The highest BCUT2D eigenvalue weighted by Crippen LogP contribution is 2.29. The second-order valence-electron chi connectivity index (χ2n) is 7.96. The Morgan fingerprint density at radius 3 is 2.29 bits per heavy atom. The number of hydrogen-bond acceptors (Lipinski definition) is 7. The summed E-state index contributed by atoms with van der Waals surface area (Å²) >= 11 is 6.28. The van der Waals surface area contributed by atoms with Gasteiger partial charge in [-0.1, -0.05) is 11.6 Å². The largest absolute Gasteiger partial charge is 0.497 e. The predicted molar refractivity (Wildman–Crippen MR) is 128 cm³/mol. The molecule has 2 aromatic carbocycles. The van der Waals surface area contributed by atoms with Gasteiger partial charge in [0.25, 0.3) is 5.91 Å². The second kappa shape index (κ2) is 10.8. The molecular formula is C23H28ClN3O6S. The van der Waals surface area contributed by atoms with Crippen molar-refractivity contribution in [3.05, 3.63) is 47.5 Å². The van der Waals surface area contributed by atoms with E-state index in [4.69, 9.17) is 25.8 Å². The van der Waals surface area contributed by atoms with Gasteiger partial charge in [0.05, 0.1) is 30.2 Å². The molecule has 184 valence electrons. The zero-order valence-corrected chi connectivity index (χ0v) is 20.6. The lowest BCUT2D eigenvalue weighted by molar-refractivity contribution is -0.133. The lowest BCUT2D eigenvalue weighted by atomic mass is 10.2. The van der Waals surface area contributed by atoms with Gasteiger partial charge in [-0.2, -0.15) is 4.31 Å². The van der Waals surface area contributed by atoms with Gasteiger partial charge in [-0.3, -0.25) is 4.79 Å². The molecule has 2 aliphatic heterocycles. The van der Waals surface area contributed by atoms with Crippen molar-refractivity contribution in [1.29, 1.82) is 0 Å². The van der Waals surface area contributed by atoms with Gasteiger partial charge in [0, 0.05) is 45.0 Å². The standard InChI is InChI=1S/C23H28ClN3O6S/c1-31-19-4-2-18(3-5-19)25-8-10-26(11-9-25)23(28)17-33-22-7-6-20(16-21(22)24)34(29,30)27-12-14-32-15-13-27/h2-7,16H,8-15,17H2,1H3. The van der Waals surface area contributed by atoms with Crippen LogP contribution in [0.1, 0.15) is 0 Å². The van der Waals surface area contributed by atoms with Gasteiger partial charge < -0.3 is 24.0 Å². The van der Waals surface area contributed by atoms with E-state index < -0.39 is 10.0 Å². The summed E-state index contributed by atoms with van der Waals surface area (Å²) in [5.41, 5.74) is 1.09. The summed E-state index contributed by atoms with van der Waals surface area (Å²) in [5.74, 6) is 0.934. The van der Waals surface area contributed by atoms with E-state index in [0.717, 1.165) is 11.4 Å². The average Bonchev–Trinajstić information content (AvgIpc) is 2.88. The molecule has 0 spiro atoms. The number of benzene rings is 2. The summed E-state index contributed by atoms with van der Waals surface area (Å²) in [5, 5.41) is 0.145. The fourth-order valence-electron chi connectivity index (χ4n) is 3.93. The molecule has 0 aromatic heterocycles. The Labute approximate surface area is 204 Å². The molecule has 4 rings (SSSR count). The van der Waals surface area contributed by atoms with E-state index in [1.54, 1.807) is 12.0 Å². The normalized spacial score (nSPS) is 17.5. The maximum absolute atomic E-state index is 12.8. The van der Waals surface area contributed by atoms with Crippen LogP contribution in [0.2, 0.25) is 5.02 Å². The Hall–Kier alpha value is -2.53. The Morgan fingerprint density at radius 1 is 1.00 bits per heavy atom. The number of halogens is 1. The van der Waals surface area contributed by atoms with Crippen LogP contribution in [0, 0.1) is 0 Å². The summed E-state index contributed by atoms with van der Waals surface area (Å²) in [6, 6.07) is 12.1. The summed E-state index contributed by atoms with van der Waals surface area (Å²) in [7, 11) is -2.02. The molecule has 1 amide bonds. The number of methoxy groups -OCH3 is 1. The minimum Gasteiger partial charge on any atom is -0.497 e. The molecule has 9 nitrogen and oxygen atoms in total. The number of carbonyl (C=O) groups is 1. The maximum atomic E-state index is 12.8. The molecule has 0 bridgehead atoms. The monoisotopic (exact) mass is 509 g/mol. The van der Waals surface area contributed by atoms with Crippen molar-refractivity contribution in [3.63, 3.8) is 0 Å². The van der Waals surface area contributed by atoms with E-state index >= 15 is 0 Å². The van der Waals surface area contributed by atoms with Crippen LogP contribution in [0.4, 0.5) is 5.69 Å². The molecule has 34 heavy (non-hydrogen) atoms. The highest BCUT2D eigenvalue weighted by Gasteiger charge is 2.27. The van der Waals surface area contributed by atoms with Crippen LogP contribution < -0.4 is 14.4 Å². The zero-order valence-electron chi connectivity index (χ0n) is 19.0. The number of hydrogen-bond donors (Lipinski definition) is 0. The van der Waals surface area contributed by atoms with Crippen molar-refractivity contribution in [1.82, 2.24) is 9.21 Å². The average molecular weight is 510 g/mol. The van der Waals surface area contributed by atoms with Crippen LogP contribution >= 0.6 is 11.6 Å². The first-order valence-corrected chi connectivity index (χ1v) is 12.9. The van der Waals surface area contributed by atoms with E-state index in [1.807, 2.05) is 24.3 Å². The van der Waals surface area contributed by atoms with E-state index in [2.05, 4.69) is 4.90 Å². The fraction of sp³-hybridized carbons (Fsp3) is 0.435. The van der Waals surface area contributed by atoms with Crippen LogP contribution in [0.25, 0.3) is 0 Å². The number of sulfonamides is 1. The molecule has 0 unspecified atom stereocenters. The predicted octanol–water partition coefficient (Wildman–Crippen LogP) is 2.10. The maximum Gasteiger partial charge on any atom is 0.260 e. The summed E-state index contributed by atoms with van der Waals surface area (Å²) in [6.45, 7) is 3.77. The number of amides is 1. The highest BCUT2D eigenvalue weighted by atomic mass is 35.5. The number of carbonyl (C=O) groups excluding carboxylic acids is 1. The molecule has 0 saturated carbocycles. The van der Waals surface area contributed by atoms with Crippen LogP contribution in [0.15, 0.2) is 47.4 Å². The van der Waals surface area contributed by atoms with E-state index in [1.165, 1.54) is 22.5 Å². The molecule has 0 atom stereocenters. The van der Waals surface area contributed by atoms with Gasteiger partial charge in [0.2, 0.25) is 10.0 Å². The van der Waals surface area contributed by atoms with Gasteiger partial charge in [-0.05, 0) is 42.5 Å². The second-order valence-corrected chi connectivity index (χ2v) is 10.3. The van der Waals surface area contributed by atoms with E-state index in [-0.39, 0.29) is 28.2 Å². The van der Waals surface area contributed by atoms with Crippen LogP contribution in [-0.4, -0.2) is 89.7 Å². The number of rotatable bonds is 7. The van der Waals surface area contributed by atoms with Crippen molar-refractivity contribution >= 4 is 33.2 Å². The first-order chi connectivity index (χ1) is 16.4. The van der Waals surface area contributed by atoms with Gasteiger partial charge >= 0.3 is 0 Å². The van der Waals surface area contributed by atoms with Gasteiger partial charge in [-0.15, -0.1) is 0 Å². The van der Waals surface area contributed by atoms with Crippen LogP contribution in [0.5, 0.6) is 11.5 Å². The van der Waals surface area contributed by atoms with Crippen molar-refractivity contribution in [2.45, 2.75) is 4.90 Å². The molecule has 2 fully saturated rings. The third-order valence-electron chi connectivity index (χ3n) is 5.93. The Balaban J connectivity index is 1.30. The number of piperazine rings is 1. The number of nitrogens with zero attached hydrogens (tertiary/aromatic N) is 3. The molecule has 2 saturated heterocycles. The Morgan fingerprint density at radius 2 is 1.68 bits per heavy atom. The smallest absolute Gasteiger partial charge is 0.260 e. The first-order valence-electron chi connectivity index (χ1n) is 11.1. The van der Waals surface area contributed by atoms with E-state index in [0.29, 0.717) is 52.5 Å². The quantitative estimate of drug-likeness (QED) is 0.564. The third-order valence-corrected chi connectivity index (χ3v) is 8.12. The van der Waals surface area contributed by atoms with E-state index in [9.17, 15) is 13.2 Å². The van der Waals surface area contributed by atoms with Crippen molar-refractivity contribution < 1.29 is 27.4 Å². The highest BCUT2D eigenvalue weighted by molar-refractivity contribution is 7.89. The molecular weight excluding hydrogens is 482 g/mol. The number of ether oxygens (including phenoxy) is 3. The third kappa shape index (κ3) is 5.57. The van der Waals surface area contributed by atoms with Crippen LogP contribution in [-0.2, 0) is 19.6 Å². The fourth-order valence-corrected chi connectivity index (χ4v) is 5.67. The van der Waals surface area contributed by atoms with Crippen molar-refractivity contribution in [3.8, 4) is 11.5 Å². The van der Waals surface area contributed by atoms with Gasteiger partial charge in [0.1, 0.15) is 11.5 Å². The first kappa shape index (κ1) is 24.6. The molecule has 2 heterocycles. The molecule has 0 aliphatic carbocycles. The lowest BCUT2D eigenvalue weighted by Crippen LogP contribution is -2.50. The van der Waals surface area contributed by atoms with Gasteiger partial charge in [0.15, 0.2) is 6.61 Å². The molecule has 0 N–H and O–H groups in total. The molecule has 2 aromatic rings. The van der Waals surface area contributed by atoms with Crippen LogP contribution in [0.3, 0.4) is 0 Å². The lowest BCUT2D eigenvalue weighted by Gasteiger charge is -2.36.